The lowest BCUT2D eigenvalue weighted by molar-refractivity contribution is -0.150. The van der Waals surface area contributed by atoms with Crippen LogP contribution in [-0.4, -0.2) is 48.4 Å². The van der Waals surface area contributed by atoms with Crippen LogP contribution >= 0.6 is 0 Å². The number of nitrogens with one attached hydrogen (secondary N) is 2. The molecule has 0 aliphatic carbocycles. The summed E-state index contributed by atoms with van der Waals surface area (Å²) in [6, 6.07) is 1.73. The highest BCUT2D eigenvalue weighted by molar-refractivity contribution is 7.89. The summed E-state index contributed by atoms with van der Waals surface area (Å²) in [6.07, 6.45) is -4.84. The van der Waals surface area contributed by atoms with Gasteiger partial charge in [-0.3, -0.25) is 9.59 Å². The number of carboxylic acid groups (broad SMARTS) is 1. The first-order chi connectivity index (χ1) is 15.1. The minimum atomic E-state index is -4.83. The van der Waals surface area contributed by atoms with Crippen molar-refractivity contribution in [2.45, 2.75) is 50.6 Å². The summed E-state index contributed by atoms with van der Waals surface area (Å²) in [5.41, 5.74) is -5.08. The number of sulfonamides is 1. The number of nitrogens with zero attached hydrogens (tertiary/aromatic N) is 1. The lowest BCUT2D eigenvalue weighted by Gasteiger charge is -2.38. The van der Waals surface area contributed by atoms with E-state index in [1.807, 2.05) is 0 Å². The molecule has 2 aliphatic heterocycles. The number of alkyl halides is 3. The van der Waals surface area contributed by atoms with Crippen LogP contribution in [0.1, 0.15) is 32.8 Å². The van der Waals surface area contributed by atoms with Crippen LogP contribution in [0.5, 0.6) is 0 Å². The zero-order chi connectivity index (χ0) is 25.0. The number of halogens is 3. The van der Waals surface area contributed by atoms with Crippen molar-refractivity contribution in [2.24, 2.45) is 11.8 Å². The van der Waals surface area contributed by atoms with Gasteiger partial charge in [0.1, 0.15) is 5.92 Å². The van der Waals surface area contributed by atoms with E-state index in [0.717, 1.165) is 12.1 Å². The molecule has 1 aromatic carbocycles. The highest BCUT2D eigenvalue weighted by Gasteiger charge is 2.72. The number of hydrogen-bond donors (Lipinski definition) is 3. The minimum Gasteiger partial charge on any atom is -0.481 e. The summed E-state index contributed by atoms with van der Waals surface area (Å²) >= 11 is 0. The summed E-state index contributed by atoms with van der Waals surface area (Å²) in [5.74, 6) is -5.29. The van der Waals surface area contributed by atoms with Gasteiger partial charge in [-0.2, -0.15) is 13.2 Å². The summed E-state index contributed by atoms with van der Waals surface area (Å²) in [6.45, 7) is 11.2. The Morgan fingerprint density at radius 3 is 2.45 bits per heavy atom. The van der Waals surface area contributed by atoms with Gasteiger partial charge >= 0.3 is 12.1 Å². The van der Waals surface area contributed by atoms with Gasteiger partial charge in [0.15, 0.2) is 5.69 Å². The molecule has 5 atom stereocenters. The number of benzene rings is 1. The van der Waals surface area contributed by atoms with E-state index >= 15 is 0 Å². The Balaban J connectivity index is 1.94. The van der Waals surface area contributed by atoms with E-state index < -0.39 is 68.4 Å². The molecule has 2 aliphatic rings. The maximum Gasteiger partial charge on any atom is 0.407 e. The van der Waals surface area contributed by atoms with E-state index in [4.69, 9.17) is 11.3 Å². The molecular formula is C20H22F3N3O6S. The normalized spacial score (nSPS) is 31.2. The lowest BCUT2D eigenvalue weighted by Crippen LogP contribution is -2.59. The zero-order valence-corrected chi connectivity index (χ0v) is 18.7. The van der Waals surface area contributed by atoms with Crippen LogP contribution in [0, 0.1) is 18.4 Å². The van der Waals surface area contributed by atoms with Gasteiger partial charge in [0, 0.05) is 5.69 Å². The summed E-state index contributed by atoms with van der Waals surface area (Å²) < 4.78 is 72.3. The third-order valence-electron chi connectivity index (χ3n) is 6.30. The fourth-order valence-corrected chi connectivity index (χ4v) is 5.73. The van der Waals surface area contributed by atoms with E-state index in [9.17, 15) is 36.3 Å². The SMILES string of the molecule is [C-]#[N+]c1ccc(NC(=O)C2C(C(=O)O)C3(C)OC2(C)CC3NS(=O)(=O)CC)cc1C(F)(F)F. The average molecular weight is 489 g/mol. The van der Waals surface area contributed by atoms with Crippen LogP contribution in [0.3, 0.4) is 0 Å². The van der Waals surface area contributed by atoms with Crippen LogP contribution in [-0.2, 0) is 30.5 Å². The van der Waals surface area contributed by atoms with Gasteiger partial charge in [0.05, 0.1) is 41.1 Å². The standard InChI is InChI=1S/C20H22F3N3O6S/c1-5-33(30,31)26-13-9-18(2)14(15(17(28)29)19(13,3)32-18)16(27)25-10-6-7-12(24-4)11(8-10)20(21,22)23/h6-8,13-15,26H,5,9H2,1-3H3,(H,25,27)(H,28,29). The maximum absolute atomic E-state index is 13.3. The van der Waals surface area contributed by atoms with Gasteiger partial charge in [-0.1, -0.05) is 6.07 Å². The van der Waals surface area contributed by atoms with Gasteiger partial charge in [0.2, 0.25) is 15.9 Å². The second kappa shape index (κ2) is 7.96. The van der Waals surface area contributed by atoms with Gasteiger partial charge in [0.25, 0.3) is 0 Å². The van der Waals surface area contributed by atoms with Crippen molar-refractivity contribution in [1.29, 1.82) is 0 Å². The van der Waals surface area contributed by atoms with Crippen LogP contribution in [0.15, 0.2) is 18.2 Å². The number of carbonyl (C=O) groups excluding carboxylic acids is 1. The van der Waals surface area contributed by atoms with E-state index in [1.165, 1.54) is 20.8 Å². The molecule has 180 valence electrons. The van der Waals surface area contributed by atoms with Crippen molar-refractivity contribution in [3.8, 4) is 0 Å². The number of carbonyl (C=O) groups is 2. The molecule has 1 aromatic rings. The Hall–Kier alpha value is -2.69. The van der Waals surface area contributed by atoms with Crippen LogP contribution in [0.4, 0.5) is 24.5 Å². The molecule has 2 heterocycles. The summed E-state index contributed by atoms with van der Waals surface area (Å²) in [5, 5.41) is 12.2. The monoisotopic (exact) mass is 489 g/mol. The van der Waals surface area contributed by atoms with E-state index in [1.54, 1.807) is 0 Å². The molecule has 33 heavy (non-hydrogen) atoms. The second-order valence-electron chi connectivity index (χ2n) is 8.50. The number of ether oxygens (including phenoxy) is 1. The minimum absolute atomic E-state index is 0.00490. The highest BCUT2D eigenvalue weighted by atomic mass is 32.2. The lowest BCUT2D eigenvalue weighted by atomic mass is 9.65. The Labute approximate surface area is 188 Å². The Morgan fingerprint density at radius 1 is 1.30 bits per heavy atom. The van der Waals surface area contributed by atoms with Crippen LogP contribution in [0.2, 0.25) is 0 Å². The molecule has 2 saturated heterocycles. The number of fused-ring (bicyclic) bond motifs is 2. The largest absolute Gasteiger partial charge is 0.481 e. The number of amides is 1. The quantitative estimate of drug-likeness (QED) is 0.528. The zero-order valence-electron chi connectivity index (χ0n) is 17.9. The molecule has 0 aromatic heterocycles. The van der Waals surface area contributed by atoms with Gasteiger partial charge in [-0.05, 0) is 39.3 Å². The Bertz CT molecular complexity index is 1150. The van der Waals surface area contributed by atoms with Gasteiger partial charge in [-0.25, -0.2) is 18.0 Å². The summed E-state index contributed by atoms with van der Waals surface area (Å²) in [4.78, 5) is 28.1. The molecule has 3 N–H and O–H groups in total. The van der Waals surface area contributed by atoms with E-state index in [2.05, 4.69) is 14.9 Å². The molecule has 0 radical (unpaired) electrons. The van der Waals surface area contributed by atoms with Crippen molar-refractivity contribution in [3.05, 3.63) is 35.2 Å². The molecule has 2 bridgehead atoms. The van der Waals surface area contributed by atoms with Crippen molar-refractivity contribution < 1.29 is 41.0 Å². The van der Waals surface area contributed by atoms with Gasteiger partial charge < -0.3 is 15.2 Å². The van der Waals surface area contributed by atoms with E-state index in [0.29, 0.717) is 6.07 Å². The Kier molecular flexibility index (Phi) is 6.02. The van der Waals surface area contributed by atoms with Crippen LogP contribution in [0.25, 0.3) is 4.85 Å². The third-order valence-corrected chi connectivity index (χ3v) is 7.71. The molecule has 0 saturated carbocycles. The molecule has 9 nitrogen and oxygen atoms in total. The Morgan fingerprint density at radius 2 is 1.94 bits per heavy atom. The number of anilines is 1. The third kappa shape index (κ3) is 4.30. The number of hydrogen-bond acceptors (Lipinski definition) is 5. The molecule has 1 amide bonds. The first-order valence-corrected chi connectivity index (χ1v) is 11.6. The van der Waals surface area contributed by atoms with Crippen LogP contribution < -0.4 is 10.0 Å². The topological polar surface area (TPSA) is 126 Å². The average Bonchev–Trinajstić information content (AvgIpc) is 3.09. The molecule has 13 heteroatoms. The number of rotatable bonds is 6. The first kappa shape index (κ1) is 24.9. The van der Waals surface area contributed by atoms with Crippen molar-refractivity contribution >= 4 is 33.3 Å². The van der Waals surface area contributed by atoms with E-state index in [-0.39, 0.29) is 17.9 Å². The first-order valence-electron chi connectivity index (χ1n) is 9.90. The molecule has 3 rings (SSSR count). The van der Waals surface area contributed by atoms with Crippen molar-refractivity contribution in [1.82, 2.24) is 4.72 Å². The molecule has 0 spiro atoms. The summed E-state index contributed by atoms with van der Waals surface area (Å²) in [7, 11) is -3.71. The molecule has 2 fully saturated rings. The fourth-order valence-electron chi connectivity index (χ4n) is 4.81. The smallest absolute Gasteiger partial charge is 0.407 e. The highest BCUT2D eigenvalue weighted by Crippen LogP contribution is 2.58. The fraction of sp³-hybridized carbons (Fsp3) is 0.550. The maximum atomic E-state index is 13.3. The van der Waals surface area contributed by atoms with Gasteiger partial charge in [-0.15, -0.1) is 0 Å². The van der Waals surface area contributed by atoms with Crippen molar-refractivity contribution in [2.75, 3.05) is 11.1 Å². The predicted octanol–water partition coefficient (Wildman–Crippen LogP) is 2.77. The number of carboxylic acids is 1. The number of aliphatic carboxylic acids is 1. The second-order valence-corrected chi connectivity index (χ2v) is 10.5. The molecular weight excluding hydrogens is 467 g/mol. The van der Waals surface area contributed by atoms with Crippen molar-refractivity contribution in [3.63, 3.8) is 0 Å². The molecule has 5 unspecified atom stereocenters. The predicted molar refractivity (Wildman–Crippen MR) is 110 cm³/mol.